The van der Waals surface area contributed by atoms with Gasteiger partial charge < -0.3 is 16.8 Å². The molecule has 1 amide bonds. The van der Waals surface area contributed by atoms with Crippen molar-refractivity contribution < 1.29 is 9.18 Å². The highest BCUT2D eigenvalue weighted by Gasteiger charge is 2.20. The van der Waals surface area contributed by atoms with Crippen molar-refractivity contribution in [3.05, 3.63) is 24.0 Å². The monoisotopic (exact) mass is 239 g/mol. The summed E-state index contributed by atoms with van der Waals surface area (Å²) >= 11 is 0. The van der Waals surface area contributed by atoms with Crippen LogP contribution in [-0.4, -0.2) is 11.9 Å². The standard InChI is InChI=1S/C12H18FN3O/c1-3-7(2)11(15)12(17)16-10-6-8(13)4-5-9(10)14/h4-7,11H,3,14-15H2,1-2H3,(H,16,17)/t7?,11-/m0/s1. The fourth-order valence-electron chi connectivity index (χ4n) is 1.37. The van der Waals surface area contributed by atoms with Gasteiger partial charge in [-0.1, -0.05) is 20.3 Å². The second kappa shape index (κ2) is 5.63. The van der Waals surface area contributed by atoms with Gasteiger partial charge in [0, 0.05) is 0 Å². The van der Waals surface area contributed by atoms with Crippen LogP contribution in [0.4, 0.5) is 15.8 Å². The Morgan fingerprint density at radius 2 is 2.18 bits per heavy atom. The molecule has 0 heterocycles. The maximum atomic E-state index is 13.0. The van der Waals surface area contributed by atoms with Gasteiger partial charge in [-0.05, 0) is 24.1 Å². The van der Waals surface area contributed by atoms with Gasteiger partial charge in [0.1, 0.15) is 5.82 Å². The van der Waals surface area contributed by atoms with E-state index in [1.165, 1.54) is 18.2 Å². The van der Waals surface area contributed by atoms with Crippen LogP contribution in [0.2, 0.25) is 0 Å². The van der Waals surface area contributed by atoms with Crippen LogP contribution in [0.5, 0.6) is 0 Å². The number of anilines is 2. The Hall–Kier alpha value is -1.62. The van der Waals surface area contributed by atoms with E-state index in [0.29, 0.717) is 5.69 Å². The van der Waals surface area contributed by atoms with Crippen molar-refractivity contribution in [3.63, 3.8) is 0 Å². The van der Waals surface area contributed by atoms with Gasteiger partial charge in [-0.2, -0.15) is 0 Å². The highest BCUT2D eigenvalue weighted by atomic mass is 19.1. The first-order valence-electron chi connectivity index (χ1n) is 5.57. The maximum Gasteiger partial charge on any atom is 0.241 e. The Morgan fingerprint density at radius 3 is 2.76 bits per heavy atom. The van der Waals surface area contributed by atoms with Gasteiger partial charge in [-0.15, -0.1) is 0 Å². The number of carbonyl (C=O) groups excluding carboxylic acids is 1. The predicted molar refractivity (Wildman–Crippen MR) is 66.9 cm³/mol. The first-order chi connectivity index (χ1) is 7.95. The number of hydrogen-bond acceptors (Lipinski definition) is 3. The molecule has 0 saturated heterocycles. The molecular formula is C12H18FN3O. The molecule has 1 aromatic rings. The highest BCUT2D eigenvalue weighted by molar-refractivity contribution is 5.97. The number of carbonyl (C=O) groups is 1. The summed E-state index contributed by atoms with van der Waals surface area (Å²) in [6, 6.07) is 3.19. The lowest BCUT2D eigenvalue weighted by molar-refractivity contribution is -0.118. The zero-order chi connectivity index (χ0) is 13.0. The van der Waals surface area contributed by atoms with Gasteiger partial charge in [0.05, 0.1) is 17.4 Å². The third-order valence-electron chi connectivity index (χ3n) is 2.83. The van der Waals surface area contributed by atoms with Gasteiger partial charge in [-0.3, -0.25) is 4.79 Å². The van der Waals surface area contributed by atoms with Crippen LogP contribution in [0.25, 0.3) is 0 Å². The molecule has 0 saturated carbocycles. The zero-order valence-electron chi connectivity index (χ0n) is 10.0. The molecule has 5 N–H and O–H groups in total. The Morgan fingerprint density at radius 1 is 1.53 bits per heavy atom. The summed E-state index contributed by atoms with van der Waals surface area (Å²) in [7, 11) is 0. The van der Waals surface area contributed by atoms with E-state index >= 15 is 0 Å². The average Bonchev–Trinajstić information content (AvgIpc) is 2.31. The van der Waals surface area contributed by atoms with E-state index in [1.807, 2.05) is 13.8 Å². The van der Waals surface area contributed by atoms with Gasteiger partial charge in [0.2, 0.25) is 5.91 Å². The molecular weight excluding hydrogens is 221 g/mol. The number of hydrogen-bond donors (Lipinski definition) is 3. The van der Waals surface area contributed by atoms with E-state index < -0.39 is 11.9 Å². The van der Waals surface area contributed by atoms with Crippen LogP contribution in [0.1, 0.15) is 20.3 Å². The Bertz CT molecular complexity index is 409. The summed E-state index contributed by atoms with van der Waals surface area (Å²) in [6.45, 7) is 3.84. The quantitative estimate of drug-likeness (QED) is 0.700. The highest BCUT2D eigenvalue weighted by Crippen LogP contribution is 2.20. The molecule has 4 nitrogen and oxygen atoms in total. The SMILES string of the molecule is CCC(C)[C@H](N)C(=O)Nc1cc(F)ccc1N. The minimum Gasteiger partial charge on any atom is -0.397 e. The Labute approximate surface area is 100 Å². The third kappa shape index (κ3) is 3.42. The van der Waals surface area contributed by atoms with Gasteiger partial charge in [-0.25, -0.2) is 4.39 Å². The van der Waals surface area contributed by atoms with Crippen LogP contribution < -0.4 is 16.8 Å². The van der Waals surface area contributed by atoms with Crippen LogP contribution in [0.15, 0.2) is 18.2 Å². The Balaban J connectivity index is 2.77. The number of nitrogens with one attached hydrogen (secondary N) is 1. The van der Waals surface area contributed by atoms with Crippen LogP contribution in [-0.2, 0) is 4.79 Å². The molecule has 0 aromatic heterocycles. The summed E-state index contributed by atoms with van der Waals surface area (Å²) in [6.07, 6.45) is 0.799. The number of nitrogen functional groups attached to an aromatic ring is 1. The molecule has 2 atom stereocenters. The molecule has 5 heteroatoms. The van der Waals surface area contributed by atoms with Gasteiger partial charge >= 0.3 is 0 Å². The first-order valence-corrected chi connectivity index (χ1v) is 5.57. The van der Waals surface area contributed by atoms with Crippen molar-refractivity contribution in [3.8, 4) is 0 Å². The molecule has 1 aromatic carbocycles. The first kappa shape index (κ1) is 13.4. The number of benzene rings is 1. The average molecular weight is 239 g/mol. The van der Waals surface area contributed by atoms with Crippen molar-refractivity contribution in [2.45, 2.75) is 26.3 Å². The van der Waals surface area contributed by atoms with Crippen LogP contribution in [0.3, 0.4) is 0 Å². The lowest BCUT2D eigenvalue weighted by Crippen LogP contribution is -2.40. The lowest BCUT2D eigenvalue weighted by Gasteiger charge is -2.18. The predicted octanol–water partition coefficient (Wildman–Crippen LogP) is 1.72. The van der Waals surface area contributed by atoms with Gasteiger partial charge in [0.25, 0.3) is 0 Å². The van der Waals surface area contributed by atoms with E-state index in [1.54, 1.807) is 0 Å². The topological polar surface area (TPSA) is 81.1 Å². The minimum atomic E-state index is -0.623. The summed E-state index contributed by atoms with van der Waals surface area (Å²) in [5.41, 5.74) is 12.0. The lowest BCUT2D eigenvalue weighted by atomic mass is 9.99. The summed E-state index contributed by atoms with van der Waals surface area (Å²) < 4.78 is 13.0. The molecule has 0 spiro atoms. The second-order valence-electron chi connectivity index (χ2n) is 4.13. The maximum absolute atomic E-state index is 13.0. The van der Waals surface area contributed by atoms with Crippen molar-refractivity contribution in [2.75, 3.05) is 11.1 Å². The Kier molecular flexibility index (Phi) is 4.45. The minimum absolute atomic E-state index is 0.0600. The van der Waals surface area contributed by atoms with Crippen molar-refractivity contribution in [1.29, 1.82) is 0 Å². The number of amides is 1. The molecule has 1 unspecified atom stereocenters. The van der Waals surface area contributed by atoms with Crippen LogP contribution >= 0.6 is 0 Å². The summed E-state index contributed by atoms with van der Waals surface area (Å²) in [5.74, 6) is -0.743. The third-order valence-corrected chi connectivity index (χ3v) is 2.83. The molecule has 94 valence electrons. The molecule has 0 aliphatic heterocycles. The normalized spacial score (nSPS) is 14.1. The van der Waals surface area contributed by atoms with E-state index in [0.717, 1.165) is 6.42 Å². The fourth-order valence-corrected chi connectivity index (χ4v) is 1.37. The van der Waals surface area contributed by atoms with Crippen LogP contribution in [0, 0.1) is 11.7 Å². The van der Waals surface area contributed by atoms with E-state index in [9.17, 15) is 9.18 Å². The zero-order valence-corrected chi connectivity index (χ0v) is 10.0. The summed E-state index contributed by atoms with van der Waals surface area (Å²) in [4.78, 5) is 11.8. The van der Waals surface area contributed by atoms with Crippen molar-refractivity contribution in [2.24, 2.45) is 11.7 Å². The largest absolute Gasteiger partial charge is 0.397 e. The molecule has 1 rings (SSSR count). The molecule has 0 fully saturated rings. The number of rotatable bonds is 4. The smallest absolute Gasteiger partial charge is 0.241 e. The second-order valence-corrected chi connectivity index (χ2v) is 4.13. The molecule has 17 heavy (non-hydrogen) atoms. The van der Waals surface area contributed by atoms with Gasteiger partial charge in [0.15, 0.2) is 0 Å². The van der Waals surface area contributed by atoms with E-state index in [-0.39, 0.29) is 17.5 Å². The summed E-state index contributed by atoms with van der Waals surface area (Å²) in [5, 5.41) is 2.54. The number of halogens is 1. The van der Waals surface area contributed by atoms with Crippen molar-refractivity contribution >= 4 is 17.3 Å². The molecule has 0 bridgehead atoms. The van der Waals surface area contributed by atoms with Crippen molar-refractivity contribution in [1.82, 2.24) is 0 Å². The van der Waals surface area contributed by atoms with E-state index in [4.69, 9.17) is 11.5 Å². The molecule has 0 aliphatic carbocycles. The molecule has 0 aliphatic rings. The molecule has 0 radical (unpaired) electrons. The number of nitrogens with two attached hydrogens (primary N) is 2. The van der Waals surface area contributed by atoms with E-state index in [2.05, 4.69) is 5.32 Å². The fraction of sp³-hybridized carbons (Fsp3) is 0.417.